The van der Waals surface area contributed by atoms with Crippen molar-refractivity contribution in [1.29, 1.82) is 0 Å². The molecule has 0 radical (unpaired) electrons. The highest BCUT2D eigenvalue weighted by molar-refractivity contribution is 5.83. The first-order chi connectivity index (χ1) is 8.81. The van der Waals surface area contributed by atoms with Crippen LogP contribution in [0.15, 0.2) is 18.2 Å². The first-order valence-electron chi connectivity index (χ1n) is 6.13. The number of carboxylic acid groups (broad SMARTS) is 2. The predicted octanol–water partition coefficient (Wildman–Crippen LogP) is 2.46. The van der Waals surface area contributed by atoms with Crippen LogP contribution in [-0.2, 0) is 9.59 Å². The number of rotatable bonds is 6. The molecule has 1 aromatic carbocycles. The monoisotopic (exact) mass is 265 g/mol. The van der Waals surface area contributed by atoms with Crippen LogP contribution in [0.5, 0.6) is 0 Å². The van der Waals surface area contributed by atoms with E-state index < -0.39 is 24.4 Å². The molecule has 0 aliphatic rings. The fourth-order valence-corrected chi connectivity index (χ4v) is 1.72. The fourth-order valence-electron chi connectivity index (χ4n) is 1.72. The predicted molar refractivity (Wildman–Crippen MR) is 72.6 cm³/mol. The molecule has 0 saturated heterocycles. The average Bonchev–Trinajstić information content (AvgIpc) is 2.29. The Morgan fingerprint density at radius 3 is 2.37 bits per heavy atom. The minimum Gasteiger partial charge on any atom is -0.481 e. The zero-order valence-electron chi connectivity index (χ0n) is 11.3. The Labute approximate surface area is 112 Å². The Balaban J connectivity index is 2.98. The van der Waals surface area contributed by atoms with Gasteiger partial charge in [0.25, 0.3) is 0 Å². The lowest BCUT2D eigenvalue weighted by atomic mass is 10.00. The van der Waals surface area contributed by atoms with E-state index in [0.29, 0.717) is 11.6 Å². The SMILES string of the molecule is Cc1ccc(C(C)C)cc1NC(CC(=O)O)C(=O)O. The zero-order valence-corrected chi connectivity index (χ0v) is 11.3. The second-order valence-electron chi connectivity index (χ2n) is 4.86. The van der Waals surface area contributed by atoms with Crippen LogP contribution in [0.4, 0.5) is 5.69 Å². The van der Waals surface area contributed by atoms with Crippen LogP contribution >= 0.6 is 0 Å². The lowest BCUT2D eigenvalue weighted by molar-refractivity contribution is -0.144. The van der Waals surface area contributed by atoms with Crippen molar-refractivity contribution in [3.8, 4) is 0 Å². The fraction of sp³-hybridized carbons (Fsp3) is 0.429. The topological polar surface area (TPSA) is 86.6 Å². The average molecular weight is 265 g/mol. The molecule has 0 amide bonds. The summed E-state index contributed by atoms with van der Waals surface area (Å²) in [6.07, 6.45) is -0.458. The van der Waals surface area contributed by atoms with Gasteiger partial charge in [-0.3, -0.25) is 4.79 Å². The highest BCUT2D eigenvalue weighted by atomic mass is 16.4. The molecule has 3 N–H and O–H groups in total. The molecule has 19 heavy (non-hydrogen) atoms. The van der Waals surface area contributed by atoms with Crippen molar-refractivity contribution in [2.24, 2.45) is 0 Å². The zero-order chi connectivity index (χ0) is 14.6. The molecule has 104 valence electrons. The largest absolute Gasteiger partial charge is 0.481 e. The van der Waals surface area contributed by atoms with Gasteiger partial charge < -0.3 is 15.5 Å². The Kier molecular flexibility index (Phi) is 4.92. The second kappa shape index (κ2) is 6.22. The quantitative estimate of drug-likeness (QED) is 0.735. The lowest BCUT2D eigenvalue weighted by Crippen LogP contribution is -2.32. The lowest BCUT2D eigenvalue weighted by Gasteiger charge is -2.17. The molecule has 0 aliphatic heterocycles. The first kappa shape index (κ1) is 15.0. The molecule has 5 heteroatoms. The van der Waals surface area contributed by atoms with Gasteiger partial charge in [-0.05, 0) is 30.0 Å². The van der Waals surface area contributed by atoms with E-state index in [1.807, 2.05) is 39.0 Å². The molecule has 1 unspecified atom stereocenters. The normalized spacial score (nSPS) is 12.2. The van der Waals surface area contributed by atoms with E-state index in [2.05, 4.69) is 5.32 Å². The molecule has 5 nitrogen and oxygen atoms in total. The molecule has 0 fully saturated rings. The number of benzene rings is 1. The number of aliphatic carboxylic acids is 2. The third-order valence-electron chi connectivity index (χ3n) is 2.93. The summed E-state index contributed by atoms with van der Waals surface area (Å²) in [5.74, 6) is -1.99. The summed E-state index contributed by atoms with van der Waals surface area (Å²) in [5, 5.41) is 20.5. The van der Waals surface area contributed by atoms with Gasteiger partial charge in [0.1, 0.15) is 6.04 Å². The van der Waals surface area contributed by atoms with Crippen LogP contribution in [0.3, 0.4) is 0 Å². The number of carboxylic acids is 2. The van der Waals surface area contributed by atoms with Crippen LogP contribution in [0, 0.1) is 6.92 Å². The number of carbonyl (C=O) groups is 2. The van der Waals surface area contributed by atoms with Gasteiger partial charge in [0, 0.05) is 5.69 Å². The highest BCUT2D eigenvalue weighted by Gasteiger charge is 2.21. The smallest absolute Gasteiger partial charge is 0.326 e. The number of anilines is 1. The molecular weight excluding hydrogens is 246 g/mol. The van der Waals surface area contributed by atoms with Crippen LogP contribution in [-0.4, -0.2) is 28.2 Å². The molecule has 0 spiro atoms. The van der Waals surface area contributed by atoms with Gasteiger partial charge in [-0.25, -0.2) is 4.79 Å². The Morgan fingerprint density at radius 2 is 1.89 bits per heavy atom. The van der Waals surface area contributed by atoms with Crippen molar-refractivity contribution in [3.05, 3.63) is 29.3 Å². The standard InChI is InChI=1S/C14H19NO4/c1-8(2)10-5-4-9(3)11(6-10)15-12(14(18)19)7-13(16)17/h4-6,8,12,15H,7H2,1-3H3,(H,16,17)(H,18,19). The molecule has 1 atom stereocenters. The molecule has 0 aliphatic carbocycles. The van der Waals surface area contributed by atoms with Gasteiger partial charge in [-0.2, -0.15) is 0 Å². The second-order valence-corrected chi connectivity index (χ2v) is 4.86. The summed E-state index contributed by atoms with van der Waals surface area (Å²) in [5.41, 5.74) is 2.63. The van der Waals surface area contributed by atoms with Crippen molar-refractivity contribution >= 4 is 17.6 Å². The Morgan fingerprint density at radius 1 is 1.26 bits per heavy atom. The third-order valence-corrected chi connectivity index (χ3v) is 2.93. The summed E-state index contributed by atoms with van der Waals surface area (Å²) in [6.45, 7) is 5.94. The maximum Gasteiger partial charge on any atom is 0.326 e. The number of hydrogen-bond donors (Lipinski definition) is 3. The first-order valence-corrected chi connectivity index (χ1v) is 6.13. The van der Waals surface area contributed by atoms with Crippen LogP contribution in [0.2, 0.25) is 0 Å². The van der Waals surface area contributed by atoms with E-state index in [4.69, 9.17) is 10.2 Å². The molecule has 0 aromatic heterocycles. The van der Waals surface area contributed by atoms with E-state index in [9.17, 15) is 9.59 Å². The van der Waals surface area contributed by atoms with Gasteiger partial charge in [0.2, 0.25) is 0 Å². The van der Waals surface area contributed by atoms with E-state index in [0.717, 1.165) is 11.1 Å². The van der Waals surface area contributed by atoms with Gasteiger partial charge in [-0.1, -0.05) is 26.0 Å². The van der Waals surface area contributed by atoms with Gasteiger partial charge >= 0.3 is 11.9 Å². The van der Waals surface area contributed by atoms with Crippen molar-refractivity contribution in [2.45, 2.75) is 39.2 Å². The van der Waals surface area contributed by atoms with E-state index in [1.54, 1.807) is 0 Å². The minimum atomic E-state index is -1.17. The van der Waals surface area contributed by atoms with Crippen molar-refractivity contribution in [3.63, 3.8) is 0 Å². The van der Waals surface area contributed by atoms with E-state index >= 15 is 0 Å². The molecule has 0 bridgehead atoms. The summed E-state index contributed by atoms with van der Waals surface area (Å²) < 4.78 is 0. The summed E-state index contributed by atoms with van der Waals surface area (Å²) in [7, 11) is 0. The van der Waals surface area contributed by atoms with E-state index in [1.165, 1.54) is 0 Å². The van der Waals surface area contributed by atoms with Gasteiger partial charge in [0.15, 0.2) is 0 Å². The molecule has 0 saturated carbocycles. The molecule has 0 heterocycles. The third kappa shape index (κ3) is 4.28. The minimum absolute atomic E-state index is 0.323. The van der Waals surface area contributed by atoms with Crippen molar-refractivity contribution in [2.75, 3.05) is 5.32 Å². The summed E-state index contributed by atoms with van der Waals surface area (Å²) in [6, 6.07) is 4.63. The summed E-state index contributed by atoms with van der Waals surface area (Å²) in [4.78, 5) is 21.7. The number of hydrogen-bond acceptors (Lipinski definition) is 3. The molecule has 1 aromatic rings. The van der Waals surface area contributed by atoms with Crippen molar-refractivity contribution < 1.29 is 19.8 Å². The van der Waals surface area contributed by atoms with Gasteiger partial charge in [0.05, 0.1) is 6.42 Å². The van der Waals surface area contributed by atoms with Crippen molar-refractivity contribution in [1.82, 2.24) is 0 Å². The van der Waals surface area contributed by atoms with Crippen LogP contribution < -0.4 is 5.32 Å². The van der Waals surface area contributed by atoms with Crippen LogP contribution in [0.1, 0.15) is 37.3 Å². The van der Waals surface area contributed by atoms with E-state index in [-0.39, 0.29) is 0 Å². The van der Waals surface area contributed by atoms with Crippen LogP contribution in [0.25, 0.3) is 0 Å². The Bertz CT molecular complexity index is 482. The maximum absolute atomic E-state index is 11.0. The number of nitrogens with one attached hydrogen (secondary N) is 1. The van der Waals surface area contributed by atoms with Gasteiger partial charge in [-0.15, -0.1) is 0 Å². The molecule has 1 rings (SSSR count). The highest BCUT2D eigenvalue weighted by Crippen LogP contribution is 2.23. The molecular formula is C14H19NO4. The maximum atomic E-state index is 11.0. The Hall–Kier alpha value is -2.04. The summed E-state index contributed by atoms with van der Waals surface area (Å²) >= 11 is 0. The number of aryl methyl sites for hydroxylation is 1.